The molecule has 74 valence electrons. The number of carboxylic acids is 1. The largest absolute Gasteiger partial charge is 0.481 e. The van der Waals surface area contributed by atoms with Gasteiger partial charge in [-0.15, -0.1) is 0 Å². The first kappa shape index (κ1) is 9.38. The van der Waals surface area contributed by atoms with Crippen LogP contribution in [-0.2, 0) is 4.79 Å². The fourth-order valence-corrected chi connectivity index (χ4v) is 3.42. The van der Waals surface area contributed by atoms with Gasteiger partial charge in [-0.25, -0.2) is 0 Å². The number of aliphatic carboxylic acids is 1. The van der Waals surface area contributed by atoms with Crippen molar-refractivity contribution in [2.75, 3.05) is 11.5 Å². The minimum atomic E-state index is -0.542. The summed E-state index contributed by atoms with van der Waals surface area (Å²) in [6, 6.07) is 0. The van der Waals surface area contributed by atoms with Crippen LogP contribution in [0, 0.1) is 11.3 Å². The molecule has 1 saturated heterocycles. The average molecular weight is 200 g/mol. The quantitative estimate of drug-likeness (QED) is 0.760. The van der Waals surface area contributed by atoms with Crippen molar-refractivity contribution in [1.82, 2.24) is 0 Å². The lowest BCUT2D eigenvalue weighted by Gasteiger charge is -2.32. The van der Waals surface area contributed by atoms with E-state index in [4.69, 9.17) is 0 Å². The molecule has 2 nitrogen and oxygen atoms in total. The first-order valence-corrected chi connectivity index (χ1v) is 6.20. The normalized spacial score (nSPS) is 27.1. The average Bonchev–Trinajstić information content (AvgIpc) is 2.90. The lowest BCUT2D eigenvalue weighted by atomic mass is 9.77. The Morgan fingerprint density at radius 2 is 2.00 bits per heavy atom. The molecule has 0 aromatic carbocycles. The molecule has 1 N–H and O–H groups in total. The maximum atomic E-state index is 11.2. The first-order valence-electron chi connectivity index (χ1n) is 5.04. The highest BCUT2D eigenvalue weighted by molar-refractivity contribution is 7.99. The Morgan fingerprint density at radius 1 is 1.38 bits per heavy atom. The summed E-state index contributed by atoms with van der Waals surface area (Å²) >= 11 is 1.90. The summed E-state index contributed by atoms with van der Waals surface area (Å²) in [5.41, 5.74) is -0.341. The van der Waals surface area contributed by atoms with Crippen LogP contribution in [0.15, 0.2) is 0 Å². The topological polar surface area (TPSA) is 37.3 Å². The van der Waals surface area contributed by atoms with Crippen molar-refractivity contribution in [2.24, 2.45) is 11.3 Å². The number of hydrogen-bond donors (Lipinski definition) is 1. The van der Waals surface area contributed by atoms with E-state index in [0.29, 0.717) is 0 Å². The molecule has 1 heterocycles. The van der Waals surface area contributed by atoms with E-state index in [1.54, 1.807) is 0 Å². The minimum absolute atomic E-state index is 0.341. The molecule has 0 aromatic rings. The van der Waals surface area contributed by atoms with E-state index < -0.39 is 5.97 Å². The standard InChI is InChI=1S/C10H16O2S/c11-9(12)10(7-8-1-2-8)3-5-13-6-4-10/h8H,1-7H2,(H,11,12). The number of hydrogen-bond acceptors (Lipinski definition) is 2. The van der Waals surface area contributed by atoms with Crippen LogP contribution in [0.3, 0.4) is 0 Å². The third-order valence-corrected chi connectivity index (χ3v) is 4.27. The van der Waals surface area contributed by atoms with Gasteiger partial charge >= 0.3 is 5.97 Å². The van der Waals surface area contributed by atoms with Crippen molar-refractivity contribution in [2.45, 2.75) is 32.1 Å². The van der Waals surface area contributed by atoms with Gasteiger partial charge in [-0.2, -0.15) is 11.8 Å². The third kappa shape index (κ3) is 2.01. The third-order valence-electron chi connectivity index (χ3n) is 3.28. The molecule has 0 aromatic heterocycles. The molecule has 0 bridgehead atoms. The van der Waals surface area contributed by atoms with E-state index in [0.717, 1.165) is 36.7 Å². The van der Waals surface area contributed by atoms with Gasteiger partial charge in [0.25, 0.3) is 0 Å². The molecule has 13 heavy (non-hydrogen) atoms. The Balaban J connectivity index is 2.02. The maximum absolute atomic E-state index is 11.2. The zero-order valence-corrected chi connectivity index (χ0v) is 8.61. The molecule has 0 radical (unpaired) electrons. The monoisotopic (exact) mass is 200 g/mol. The van der Waals surface area contributed by atoms with E-state index in [1.807, 2.05) is 11.8 Å². The van der Waals surface area contributed by atoms with Crippen LogP contribution in [0.25, 0.3) is 0 Å². The molecule has 1 aliphatic heterocycles. The lowest BCUT2D eigenvalue weighted by molar-refractivity contribution is -0.150. The van der Waals surface area contributed by atoms with Gasteiger partial charge in [0.2, 0.25) is 0 Å². The van der Waals surface area contributed by atoms with Crippen LogP contribution in [0.5, 0.6) is 0 Å². The van der Waals surface area contributed by atoms with Crippen LogP contribution in [0.4, 0.5) is 0 Å². The van der Waals surface area contributed by atoms with Gasteiger partial charge in [-0.1, -0.05) is 12.8 Å². The van der Waals surface area contributed by atoms with Crippen LogP contribution in [0.1, 0.15) is 32.1 Å². The molecule has 2 rings (SSSR count). The Kier molecular flexibility index (Phi) is 2.54. The van der Waals surface area contributed by atoms with E-state index >= 15 is 0 Å². The highest BCUT2D eigenvalue weighted by Gasteiger charge is 2.43. The number of rotatable bonds is 3. The van der Waals surface area contributed by atoms with Crippen molar-refractivity contribution in [3.63, 3.8) is 0 Å². The van der Waals surface area contributed by atoms with Crippen molar-refractivity contribution in [1.29, 1.82) is 0 Å². The highest BCUT2D eigenvalue weighted by Crippen LogP contribution is 2.47. The summed E-state index contributed by atoms with van der Waals surface area (Å²) in [6.45, 7) is 0. The van der Waals surface area contributed by atoms with Gasteiger partial charge < -0.3 is 5.11 Å². The predicted octanol–water partition coefficient (Wildman–Crippen LogP) is 2.38. The minimum Gasteiger partial charge on any atom is -0.481 e. The fourth-order valence-electron chi connectivity index (χ4n) is 2.14. The van der Waals surface area contributed by atoms with Crippen LogP contribution in [-0.4, -0.2) is 22.6 Å². The van der Waals surface area contributed by atoms with Crippen molar-refractivity contribution in [3.05, 3.63) is 0 Å². The summed E-state index contributed by atoms with van der Waals surface area (Å²) < 4.78 is 0. The van der Waals surface area contributed by atoms with Gasteiger partial charge in [0.15, 0.2) is 0 Å². The van der Waals surface area contributed by atoms with E-state index in [-0.39, 0.29) is 5.41 Å². The van der Waals surface area contributed by atoms with Gasteiger partial charge in [-0.3, -0.25) is 4.79 Å². The van der Waals surface area contributed by atoms with Gasteiger partial charge in [-0.05, 0) is 36.7 Å². The van der Waals surface area contributed by atoms with Gasteiger partial charge in [0, 0.05) is 0 Å². The SMILES string of the molecule is O=C(O)C1(CC2CC2)CCSCC1. The molecule has 2 fully saturated rings. The fraction of sp³-hybridized carbons (Fsp3) is 0.900. The van der Waals surface area contributed by atoms with Gasteiger partial charge in [0.1, 0.15) is 0 Å². The molecule has 0 spiro atoms. The summed E-state index contributed by atoms with van der Waals surface area (Å²) in [4.78, 5) is 11.2. The van der Waals surface area contributed by atoms with Gasteiger partial charge in [0.05, 0.1) is 5.41 Å². The van der Waals surface area contributed by atoms with Crippen LogP contribution in [0.2, 0.25) is 0 Å². The molecule has 0 unspecified atom stereocenters. The smallest absolute Gasteiger partial charge is 0.309 e. The number of carbonyl (C=O) groups is 1. The second-order valence-corrected chi connectivity index (χ2v) is 5.57. The number of carboxylic acid groups (broad SMARTS) is 1. The predicted molar refractivity (Wildman–Crippen MR) is 54.0 cm³/mol. The molecule has 3 heteroatoms. The molecule has 0 amide bonds. The summed E-state index contributed by atoms with van der Waals surface area (Å²) in [6.07, 6.45) is 5.26. The molecule has 2 aliphatic rings. The molecule has 0 atom stereocenters. The van der Waals surface area contributed by atoms with Crippen LogP contribution >= 0.6 is 11.8 Å². The van der Waals surface area contributed by atoms with E-state index in [9.17, 15) is 9.90 Å². The summed E-state index contributed by atoms with van der Waals surface area (Å²) in [7, 11) is 0. The zero-order chi connectivity index (χ0) is 9.31. The first-order chi connectivity index (χ1) is 6.23. The second-order valence-electron chi connectivity index (χ2n) is 4.35. The number of thioether (sulfide) groups is 1. The van der Waals surface area contributed by atoms with Crippen molar-refractivity contribution in [3.8, 4) is 0 Å². The molecular weight excluding hydrogens is 184 g/mol. The Bertz CT molecular complexity index is 205. The van der Waals surface area contributed by atoms with E-state index in [2.05, 4.69) is 0 Å². The van der Waals surface area contributed by atoms with Crippen molar-refractivity contribution < 1.29 is 9.90 Å². The van der Waals surface area contributed by atoms with Crippen molar-refractivity contribution >= 4 is 17.7 Å². The lowest BCUT2D eigenvalue weighted by Crippen LogP contribution is -2.35. The molecular formula is C10H16O2S. The second kappa shape index (κ2) is 3.52. The Hall–Kier alpha value is -0.180. The highest BCUT2D eigenvalue weighted by atomic mass is 32.2. The Labute approximate surface area is 83.1 Å². The molecule has 1 aliphatic carbocycles. The van der Waals surface area contributed by atoms with E-state index in [1.165, 1.54) is 12.8 Å². The summed E-state index contributed by atoms with van der Waals surface area (Å²) in [5, 5.41) is 9.26. The maximum Gasteiger partial charge on any atom is 0.309 e. The molecule has 1 saturated carbocycles. The van der Waals surface area contributed by atoms with Crippen LogP contribution < -0.4 is 0 Å². The summed E-state index contributed by atoms with van der Waals surface area (Å²) in [5.74, 6) is 2.27. The Morgan fingerprint density at radius 3 is 2.46 bits per heavy atom. The zero-order valence-electron chi connectivity index (χ0n) is 7.79.